The third-order valence-electron chi connectivity index (χ3n) is 4.29. The monoisotopic (exact) mass is 383 g/mol. The van der Waals surface area contributed by atoms with E-state index < -0.39 is 0 Å². The van der Waals surface area contributed by atoms with Crippen molar-refractivity contribution in [3.63, 3.8) is 0 Å². The molecule has 7 nitrogen and oxygen atoms in total. The molecule has 0 saturated heterocycles. The average Bonchev–Trinajstić information content (AvgIpc) is 3.19. The maximum Gasteiger partial charge on any atom is 0.258 e. The molecule has 0 saturated carbocycles. The van der Waals surface area contributed by atoms with Gasteiger partial charge in [-0.3, -0.25) is 0 Å². The topological polar surface area (TPSA) is 89.6 Å². The second-order valence-corrected chi connectivity index (χ2v) is 6.27. The van der Waals surface area contributed by atoms with Crippen LogP contribution in [0.3, 0.4) is 0 Å². The molecule has 0 aliphatic carbocycles. The van der Waals surface area contributed by atoms with Crippen LogP contribution in [0.25, 0.3) is 22.8 Å². The van der Waals surface area contributed by atoms with Gasteiger partial charge in [0.15, 0.2) is 11.5 Å². The van der Waals surface area contributed by atoms with Crippen LogP contribution in [0, 0.1) is 6.92 Å². The van der Waals surface area contributed by atoms with E-state index in [1.165, 1.54) is 0 Å². The zero-order chi connectivity index (χ0) is 19.9. The van der Waals surface area contributed by atoms with E-state index in [0.717, 1.165) is 22.3 Å². The van der Waals surface area contributed by atoms with Gasteiger partial charge in [0.25, 0.3) is 5.89 Å². The molecule has 0 unspecified atom stereocenters. The van der Waals surface area contributed by atoms with E-state index in [0.29, 0.717) is 42.9 Å². The Morgan fingerprint density at radius 3 is 2.71 bits per heavy atom. The molecule has 1 heterocycles. The van der Waals surface area contributed by atoms with E-state index in [1.54, 1.807) is 7.11 Å². The maximum atomic E-state index is 8.86. The summed E-state index contributed by atoms with van der Waals surface area (Å²) < 4.78 is 16.4. The fourth-order valence-electron chi connectivity index (χ4n) is 2.92. The third-order valence-corrected chi connectivity index (χ3v) is 4.29. The molecule has 0 radical (unpaired) electrons. The van der Waals surface area contributed by atoms with Crippen molar-refractivity contribution >= 4 is 0 Å². The summed E-state index contributed by atoms with van der Waals surface area (Å²) >= 11 is 0. The summed E-state index contributed by atoms with van der Waals surface area (Å²) in [6.45, 7) is 5.89. The van der Waals surface area contributed by atoms with Gasteiger partial charge >= 0.3 is 0 Å². The van der Waals surface area contributed by atoms with E-state index in [9.17, 15) is 0 Å². The Kier molecular flexibility index (Phi) is 6.62. The first-order chi connectivity index (χ1) is 13.7. The molecule has 0 atom stereocenters. The molecule has 28 heavy (non-hydrogen) atoms. The van der Waals surface area contributed by atoms with Crippen molar-refractivity contribution in [3.8, 4) is 34.3 Å². The van der Waals surface area contributed by atoms with Gasteiger partial charge in [-0.2, -0.15) is 4.98 Å². The zero-order valence-corrected chi connectivity index (χ0v) is 16.4. The first kappa shape index (κ1) is 19.9. The summed E-state index contributed by atoms with van der Waals surface area (Å²) in [5.74, 6) is 2.25. The maximum absolute atomic E-state index is 8.86. The number of methoxy groups -OCH3 is 1. The van der Waals surface area contributed by atoms with Crippen molar-refractivity contribution in [2.75, 3.05) is 26.9 Å². The highest BCUT2D eigenvalue weighted by Gasteiger charge is 2.15. The minimum Gasteiger partial charge on any atom is -0.493 e. The molecule has 0 fully saturated rings. The molecule has 148 valence electrons. The van der Waals surface area contributed by atoms with Crippen LogP contribution in [0.15, 0.2) is 40.9 Å². The Morgan fingerprint density at radius 2 is 2.00 bits per heavy atom. The Morgan fingerprint density at radius 1 is 1.14 bits per heavy atom. The lowest BCUT2D eigenvalue weighted by atomic mass is 10.0. The number of nitrogens with zero attached hydrogens (tertiary/aromatic N) is 2. The van der Waals surface area contributed by atoms with E-state index in [1.807, 2.05) is 44.2 Å². The van der Waals surface area contributed by atoms with Gasteiger partial charge < -0.3 is 24.4 Å². The van der Waals surface area contributed by atoms with E-state index in [2.05, 4.69) is 21.5 Å². The first-order valence-electron chi connectivity index (χ1n) is 9.22. The fraction of sp³-hybridized carbons (Fsp3) is 0.333. The molecule has 7 heteroatoms. The molecule has 0 bridgehead atoms. The summed E-state index contributed by atoms with van der Waals surface area (Å²) in [6, 6.07) is 11.6. The molecular formula is C21H25N3O4. The van der Waals surface area contributed by atoms with Crippen LogP contribution < -0.4 is 14.8 Å². The van der Waals surface area contributed by atoms with Crippen LogP contribution >= 0.6 is 0 Å². The molecule has 3 aromatic rings. The number of aliphatic hydroxyl groups is 1. The number of nitrogens with one attached hydrogen (secondary N) is 1. The molecule has 0 spiro atoms. The summed E-state index contributed by atoms with van der Waals surface area (Å²) in [4.78, 5) is 4.54. The summed E-state index contributed by atoms with van der Waals surface area (Å²) in [5, 5.41) is 16.2. The lowest BCUT2D eigenvalue weighted by Gasteiger charge is -2.09. The van der Waals surface area contributed by atoms with Gasteiger partial charge in [-0.1, -0.05) is 23.4 Å². The van der Waals surface area contributed by atoms with Crippen LogP contribution in [0.2, 0.25) is 0 Å². The smallest absolute Gasteiger partial charge is 0.258 e. The lowest BCUT2D eigenvalue weighted by Crippen LogP contribution is -2.17. The third kappa shape index (κ3) is 4.49. The van der Waals surface area contributed by atoms with Crippen molar-refractivity contribution in [1.29, 1.82) is 0 Å². The van der Waals surface area contributed by atoms with E-state index in [4.69, 9.17) is 19.1 Å². The van der Waals surface area contributed by atoms with Crippen molar-refractivity contribution in [1.82, 2.24) is 15.5 Å². The van der Waals surface area contributed by atoms with E-state index in [-0.39, 0.29) is 6.61 Å². The number of ether oxygens (including phenoxy) is 2. The van der Waals surface area contributed by atoms with Crippen molar-refractivity contribution in [2.24, 2.45) is 0 Å². The quantitative estimate of drug-likeness (QED) is 0.549. The molecule has 2 N–H and O–H groups in total. The first-order valence-corrected chi connectivity index (χ1v) is 9.22. The molecular weight excluding hydrogens is 358 g/mol. The Balaban J connectivity index is 1.82. The average molecular weight is 383 g/mol. The number of aromatic nitrogens is 2. The van der Waals surface area contributed by atoms with Gasteiger partial charge in [-0.25, -0.2) is 0 Å². The minimum absolute atomic E-state index is 0.124. The van der Waals surface area contributed by atoms with Crippen LogP contribution in [0.1, 0.15) is 18.1 Å². The van der Waals surface area contributed by atoms with E-state index >= 15 is 0 Å². The van der Waals surface area contributed by atoms with Gasteiger partial charge in [0.1, 0.15) is 0 Å². The van der Waals surface area contributed by atoms with Gasteiger partial charge in [-0.05, 0) is 43.2 Å². The molecule has 0 amide bonds. The van der Waals surface area contributed by atoms with Crippen molar-refractivity contribution in [2.45, 2.75) is 20.4 Å². The van der Waals surface area contributed by atoms with Crippen LogP contribution in [0.4, 0.5) is 0 Å². The Hall–Kier alpha value is -2.90. The van der Waals surface area contributed by atoms with Gasteiger partial charge in [0.05, 0.1) is 20.3 Å². The number of hydrogen-bond acceptors (Lipinski definition) is 7. The normalized spacial score (nSPS) is 10.9. The number of hydrogen-bond donors (Lipinski definition) is 2. The van der Waals surface area contributed by atoms with Crippen LogP contribution in [0.5, 0.6) is 11.5 Å². The predicted octanol–water partition coefficient (Wildman–Crippen LogP) is 3.20. The fourth-order valence-corrected chi connectivity index (χ4v) is 2.92. The highest BCUT2D eigenvalue weighted by Crippen LogP contribution is 2.33. The Labute approximate surface area is 164 Å². The van der Waals surface area contributed by atoms with Crippen LogP contribution in [-0.2, 0) is 6.54 Å². The number of aliphatic hydroxyl groups excluding tert-OH is 1. The highest BCUT2D eigenvalue weighted by molar-refractivity contribution is 5.65. The molecule has 0 aliphatic rings. The number of rotatable bonds is 9. The van der Waals surface area contributed by atoms with Gasteiger partial charge in [0, 0.05) is 24.2 Å². The Bertz CT molecular complexity index is 924. The number of aryl methyl sites for hydroxylation is 1. The van der Waals surface area contributed by atoms with Crippen molar-refractivity contribution < 1.29 is 19.1 Å². The predicted molar refractivity (Wildman–Crippen MR) is 106 cm³/mol. The zero-order valence-electron chi connectivity index (χ0n) is 16.4. The summed E-state index contributed by atoms with van der Waals surface area (Å²) in [7, 11) is 1.60. The highest BCUT2D eigenvalue weighted by atomic mass is 16.5. The standard InChI is InChI=1S/C21H25N3O4/c1-4-27-18-8-6-16(12-19(18)26-3)21-23-20(24-28-21)17-7-5-15(11-14(17)2)13-22-9-10-25/h5-8,11-12,22,25H,4,9-10,13H2,1-3H3. The molecule has 3 rings (SSSR count). The summed E-state index contributed by atoms with van der Waals surface area (Å²) in [5.41, 5.74) is 3.87. The summed E-state index contributed by atoms with van der Waals surface area (Å²) in [6.07, 6.45) is 0. The molecule has 1 aromatic heterocycles. The SMILES string of the molecule is CCOc1ccc(-c2nc(-c3ccc(CNCCO)cc3C)no2)cc1OC. The van der Waals surface area contributed by atoms with Gasteiger partial charge in [-0.15, -0.1) is 0 Å². The lowest BCUT2D eigenvalue weighted by molar-refractivity contribution is 0.292. The second kappa shape index (κ2) is 9.34. The van der Waals surface area contributed by atoms with Gasteiger partial charge in [0.2, 0.25) is 5.82 Å². The second-order valence-electron chi connectivity index (χ2n) is 6.27. The largest absolute Gasteiger partial charge is 0.493 e. The number of benzene rings is 2. The minimum atomic E-state index is 0.124. The molecule has 2 aromatic carbocycles. The van der Waals surface area contributed by atoms with Crippen LogP contribution in [-0.4, -0.2) is 42.1 Å². The molecule has 0 aliphatic heterocycles. The van der Waals surface area contributed by atoms with Crippen molar-refractivity contribution in [3.05, 3.63) is 47.5 Å².